The smallest absolute Gasteiger partial charge is 0.306 e. The quantitative estimate of drug-likeness (QED) is 0.0485. The maximum Gasteiger partial charge on any atom is 0.306 e. The van der Waals surface area contributed by atoms with Crippen LogP contribution in [0, 0.1) is 0 Å². The van der Waals surface area contributed by atoms with Gasteiger partial charge in [0.15, 0.2) is 6.10 Å². The molecule has 0 bridgehead atoms. The summed E-state index contributed by atoms with van der Waals surface area (Å²) in [6.07, 6.45) is 81.5. The Morgan fingerprint density at radius 1 is 0.260 bits per heavy atom. The highest BCUT2D eigenvalue weighted by molar-refractivity contribution is 5.70. The van der Waals surface area contributed by atoms with Crippen LogP contribution < -0.4 is 0 Å². The molecule has 1 unspecified atom stereocenters. The fraction of sp³-hybridized carbons (Fsp3) is 0.971. The van der Waals surface area contributed by atoms with Crippen molar-refractivity contribution < 1.29 is 24.2 Å². The molecule has 1 atom stereocenters. The van der Waals surface area contributed by atoms with E-state index in [1.807, 2.05) is 0 Å². The zero-order valence-corrected chi connectivity index (χ0v) is 50.2. The summed E-state index contributed by atoms with van der Waals surface area (Å²) in [6, 6.07) is 0. The van der Waals surface area contributed by atoms with Crippen LogP contribution in [0.1, 0.15) is 406 Å². The third-order valence-electron chi connectivity index (χ3n) is 16.2. The van der Waals surface area contributed by atoms with Gasteiger partial charge in [-0.1, -0.05) is 380 Å². The molecule has 0 spiro atoms. The van der Waals surface area contributed by atoms with Gasteiger partial charge in [0.25, 0.3) is 0 Å². The first-order valence-electron chi connectivity index (χ1n) is 34.1. The van der Waals surface area contributed by atoms with Crippen LogP contribution in [-0.2, 0) is 19.1 Å². The number of ether oxygens (including phenoxy) is 2. The Hall–Kier alpha value is -1.10. The summed E-state index contributed by atoms with van der Waals surface area (Å²) in [5.41, 5.74) is 0. The molecule has 436 valence electrons. The molecule has 0 fully saturated rings. The van der Waals surface area contributed by atoms with Crippen molar-refractivity contribution in [1.82, 2.24) is 0 Å². The van der Waals surface area contributed by atoms with Gasteiger partial charge >= 0.3 is 11.9 Å². The van der Waals surface area contributed by atoms with Crippen molar-refractivity contribution in [3.05, 3.63) is 0 Å². The SMILES string of the molecule is CCCCCCCCCCCCCCCCCCCCCCCCCCCCCCCCCCCCCCCCCC(=O)OC(CO)COC(=O)CCCCCCCCCCCCCCCCCCCCCC. The maximum atomic E-state index is 12.3. The van der Waals surface area contributed by atoms with Crippen molar-refractivity contribution in [3.8, 4) is 0 Å². The standard InChI is InChI=1S/C68H134O5/c1-3-5-7-9-11-13-15-17-19-21-23-25-26-27-28-29-30-31-32-33-34-35-36-37-38-39-40-41-42-43-45-47-49-51-53-55-57-59-61-63-68(71)73-66(64-69)65-72-67(70)62-60-58-56-54-52-50-48-46-44-24-22-20-18-16-14-12-10-8-6-4-2/h66,69H,3-65H2,1-2H3. The summed E-state index contributed by atoms with van der Waals surface area (Å²) < 4.78 is 10.7. The van der Waals surface area contributed by atoms with E-state index in [0.29, 0.717) is 12.8 Å². The van der Waals surface area contributed by atoms with Crippen LogP contribution in [0.25, 0.3) is 0 Å². The maximum absolute atomic E-state index is 12.3. The van der Waals surface area contributed by atoms with Crippen LogP contribution in [-0.4, -0.2) is 36.4 Å². The number of rotatable bonds is 65. The zero-order chi connectivity index (χ0) is 52.7. The van der Waals surface area contributed by atoms with Gasteiger partial charge in [0.2, 0.25) is 0 Å². The molecule has 5 heteroatoms. The van der Waals surface area contributed by atoms with Crippen LogP contribution >= 0.6 is 0 Å². The molecule has 0 rings (SSSR count). The van der Waals surface area contributed by atoms with Crippen LogP contribution in [0.3, 0.4) is 0 Å². The molecule has 0 aromatic rings. The highest BCUT2D eigenvalue weighted by Gasteiger charge is 2.16. The topological polar surface area (TPSA) is 72.8 Å². The molecule has 1 N–H and O–H groups in total. The summed E-state index contributed by atoms with van der Waals surface area (Å²) in [6.45, 7) is 4.22. The second kappa shape index (κ2) is 65.2. The van der Waals surface area contributed by atoms with Gasteiger partial charge in [-0.2, -0.15) is 0 Å². The van der Waals surface area contributed by atoms with Crippen molar-refractivity contribution >= 4 is 11.9 Å². The first-order chi connectivity index (χ1) is 36.1. The Kier molecular flexibility index (Phi) is 64.2. The fourth-order valence-corrected chi connectivity index (χ4v) is 11.0. The monoisotopic (exact) mass is 1030 g/mol. The predicted molar refractivity (Wildman–Crippen MR) is 321 cm³/mol. The van der Waals surface area contributed by atoms with Gasteiger partial charge < -0.3 is 14.6 Å². The molecule has 73 heavy (non-hydrogen) atoms. The highest BCUT2D eigenvalue weighted by Crippen LogP contribution is 2.20. The Morgan fingerprint density at radius 2 is 0.425 bits per heavy atom. The number of hydrogen-bond acceptors (Lipinski definition) is 5. The number of aliphatic hydroxyl groups excluding tert-OH is 1. The van der Waals surface area contributed by atoms with Gasteiger partial charge in [0.1, 0.15) is 6.61 Å². The van der Waals surface area contributed by atoms with Crippen molar-refractivity contribution in [3.63, 3.8) is 0 Å². The zero-order valence-electron chi connectivity index (χ0n) is 50.2. The van der Waals surface area contributed by atoms with Crippen molar-refractivity contribution in [2.45, 2.75) is 412 Å². The number of hydrogen-bond donors (Lipinski definition) is 1. The van der Waals surface area contributed by atoms with Crippen molar-refractivity contribution in [1.29, 1.82) is 0 Å². The van der Waals surface area contributed by atoms with E-state index >= 15 is 0 Å². The minimum Gasteiger partial charge on any atom is -0.462 e. The van der Waals surface area contributed by atoms with E-state index in [0.717, 1.165) is 32.1 Å². The van der Waals surface area contributed by atoms with Gasteiger partial charge in [0.05, 0.1) is 6.61 Å². The second-order valence-corrected chi connectivity index (χ2v) is 23.6. The number of aliphatic hydroxyl groups is 1. The molecule has 0 aromatic heterocycles. The second-order valence-electron chi connectivity index (χ2n) is 23.6. The molecular formula is C68H134O5. The fourth-order valence-electron chi connectivity index (χ4n) is 11.0. The molecule has 0 amide bonds. The average molecular weight is 1030 g/mol. The van der Waals surface area contributed by atoms with Gasteiger partial charge in [-0.3, -0.25) is 9.59 Å². The highest BCUT2D eigenvalue weighted by atomic mass is 16.6. The molecule has 0 aromatic carbocycles. The molecule has 0 aliphatic heterocycles. The molecule has 5 nitrogen and oxygen atoms in total. The van der Waals surface area contributed by atoms with E-state index in [-0.39, 0.29) is 25.2 Å². The number of carbonyl (C=O) groups excluding carboxylic acids is 2. The average Bonchev–Trinajstić information content (AvgIpc) is 3.39. The summed E-state index contributed by atoms with van der Waals surface area (Å²) in [5, 5.41) is 9.68. The predicted octanol–water partition coefficient (Wildman–Crippen LogP) is 23.3. The first-order valence-corrected chi connectivity index (χ1v) is 34.1. The van der Waals surface area contributed by atoms with E-state index in [1.54, 1.807) is 0 Å². The number of esters is 2. The van der Waals surface area contributed by atoms with Crippen LogP contribution in [0.15, 0.2) is 0 Å². The van der Waals surface area contributed by atoms with Crippen molar-refractivity contribution in [2.24, 2.45) is 0 Å². The van der Waals surface area contributed by atoms with Crippen LogP contribution in [0.4, 0.5) is 0 Å². The molecule has 0 heterocycles. The van der Waals surface area contributed by atoms with E-state index in [4.69, 9.17) is 9.47 Å². The first kappa shape index (κ1) is 71.9. The third-order valence-corrected chi connectivity index (χ3v) is 16.2. The lowest BCUT2D eigenvalue weighted by Crippen LogP contribution is -2.28. The van der Waals surface area contributed by atoms with Crippen LogP contribution in [0.5, 0.6) is 0 Å². The lowest BCUT2D eigenvalue weighted by Gasteiger charge is -2.15. The van der Waals surface area contributed by atoms with Gasteiger partial charge in [-0.15, -0.1) is 0 Å². The minimum absolute atomic E-state index is 0.0555. The van der Waals surface area contributed by atoms with Gasteiger partial charge in [-0.05, 0) is 12.8 Å². The molecule has 0 aliphatic rings. The summed E-state index contributed by atoms with van der Waals surface area (Å²) in [7, 11) is 0. The molecular weight excluding hydrogens is 897 g/mol. The summed E-state index contributed by atoms with van der Waals surface area (Å²) in [4.78, 5) is 24.6. The Balaban J connectivity index is 3.33. The van der Waals surface area contributed by atoms with E-state index in [1.165, 1.54) is 347 Å². The molecule has 0 aliphatic carbocycles. The lowest BCUT2D eigenvalue weighted by atomic mass is 10.0. The molecule has 0 radical (unpaired) electrons. The van der Waals surface area contributed by atoms with E-state index in [2.05, 4.69) is 13.8 Å². The largest absolute Gasteiger partial charge is 0.462 e. The Labute approximate surface area is 459 Å². The Morgan fingerprint density at radius 3 is 0.603 bits per heavy atom. The van der Waals surface area contributed by atoms with E-state index < -0.39 is 6.10 Å². The molecule has 0 saturated carbocycles. The lowest BCUT2D eigenvalue weighted by molar-refractivity contribution is -0.161. The summed E-state index contributed by atoms with van der Waals surface area (Å²) >= 11 is 0. The minimum atomic E-state index is -0.765. The summed E-state index contributed by atoms with van der Waals surface area (Å²) in [5.74, 6) is -0.560. The van der Waals surface area contributed by atoms with E-state index in [9.17, 15) is 14.7 Å². The number of unbranched alkanes of at least 4 members (excludes halogenated alkanes) is 57. The Bertz CT molecular complexity index is 1030. The van der Waals surface area contributed by atoms with Crippen molar-refractivity contribution in [2.75, 3.05) is 13.2 Å². The normalized spacial score (nSPS) is 12.0. The molecule has 0 saturated heterocycles. The number of carbonyl (C=O) groups is 2. The third kappa shape index (κ3) is 63.3. The van der Waals surface area contributed by atoms with Gasteiger partial charge in [-0.25, -0.2) is 0 Å². The van der Waals surface area contributed by atoms with Crippen LogP contribution in [0.2, 0.25) is 0 Å². The van der Waals surface area contributed by atoms with Gasteiger partial charge in [0, 0.05) is 12.8 Å².